The minimum atomic E-state index is -0.211. The van der Waals surface area contributed by atoms with Gasteiger partial charge >= 0.3 is 0 Å². The van der Waals surface area contributed by atoms with Crippen LogP contribution in [-0.2, 0) is 17.8 Å². The molecule has 0 saturated heterocycles. The normalized spacial score (nSPS) is 13.6. The van der Waals surface area contributed by atoms with E-state index in [1.54, 1.807) is 12.1 Å². The zero-order valence-electron chi connectivity index (χ0n) is 12.8. The van der Waals surface area contributed by atoms with Crippen LogP contribution >= 0.6 is 11.3 Å². The van der Waals surface area contributed by atoms with Crippen LogP contribution in [0.1, 0.15) is 40.7 Å². The predicted octanol–water partition coefficient (Wildman–Crippen LogP) is 2.38. The van der Waals surface area contributed by atoms with Gasteiger partial charge in [0.05, 0.1) is 0 Å². The smallest absolute Gasteiger partial charge is 0.257 e. The van der Waals surface area contributed by atoms with Gasteiger partial charge in [-0.2, -0.15) is 0 Å². The number of benzene rings is 1. The van der Waals surface area contributed by atoms with Crippen molar-refractivity contribution in [3.05, 3.63) is 40.4 Å². The number of amides is 2. The Balaban J connectivity index is 1.55. The van der Waals surface area contributed by atoms with E-state index >= 15 is 0 Å². The van der Waals surface area contributed by atoms with E-state index in [2.05, 4.69) is 20.8 Å². The Labute approximate surface area is 138 Å². The van der Waals surface area contributed by atoms with E-state index in [0.29, 0.717) is 17.2 Å². The third kappa shape index (κ3) is 4.13. The Hall–Kier alpha value is -2.28. The van der Waals surface area contributed by atoms with Crippen LogP contribution in [0, 0.1) is 5.92 Å². The average Bonchev–Trinajstić information content (AvgIpc) is 3.33. The molecule has 0 aliphatic heterocycles. The number of aromatic nitrogens is 2. The van der Waals surface area contributed by atoms with Gasteiger partial charge < -0.3 is 5.32 Å². The summed E-state index contributed by atoms with van der Waals surface area (Å²) in [5.74, 6) is 0.118. The Morgan fingerprint density at radius 2 is 1.96 bits per heavy atom. The van der Waals surface area contributed by atoms with Gasteiger partial charge in [0.1, 0.15) is 5.01 Å². The molecule has 1 fully saturated rings. The molecule has 1 saturated carbocycles. The third-order valence-electron chi connectivity index (χ3n) is 3.62. The van der Waals surface area contributed by atoms with Crippen molar-refractivity contribution < 1.29 is 9.59 Å². The van der Waals surface area contributed by atoms with E-state index in [4.69, 9.17) is 0 Å². The van der Waals surface area contributed by atoms with Crippen molar-refractivity contribution in [3.63, 3.8) is 0 Å². The standard InChI is InChI=1S/C16H18N4O2S/c1-2-13-19-20-16(23-13)18-15(22)12-5-3-10(4-6-12)9-17-14(21)11-7-8-11/h3-6,11H,2,7-9H2,1H3,(H,17,21)(H,18,20,22). The second-order valence-corrected chi connectivity index (χ2v) is 6.56. The predicted molar refractivity (Wildman–Crippen MR) is 88.3 cm³/mol. The highest BCUT2D eigenvalue weighted by molar-refractivity contribution is 7.15. The molecule has 7 heteroatoms. The molecule has 0 spiro atoms. The van der Waals surface area contributed by atoms with Crippen molar-refractivity contribution in [1.82, 2.24) is 15.5 Å². The first-order valence-electron chi connectivity index (χ1n) is 7.66. The number of anilines is 1. The Kier molecular flexibility index (Phi) is 4.66. The summed E-state index contributed by atoms with van der Waals surface area (Å²) in [6.45, 7) is 2.49. The SMILES string of the molecule is CCc1nnc(NC(=O)c2ccc(CNC(=O)C3CC3)cc2)s1. The highest BCUT2D eigenvalue weighted by atomic mass is 32.1. The summed E-state index contributed by atoms with van der Waals surface area (Å²) in [5, 5.41) is 14.9. The van der Waals surface area contributed by atoms with E-state index in [1.165, 1.54) is 11.3 Å². The molecule has 6 nitrogen and oxygen atoms in total. The first kappa shape index (κ1) is 15.6. The molecule has 1 aliphatic rings. The van der Waals surface area contributed by atoms with Gasteiger partial charge in [0.15, 0.2) is 0 Å². The number of carbonyl (C=O) groups is 2. The molecule has 1 aromatic carbocycles. The lowest BCUT2D eigenvalue weighted by Gasteiger charge is -2.06. The third-order valence-corrected chi connectivity index (χ3v) is 4.60. The molecule has 1 heterocycles. The second-order valence-electron chi connectivity index (χ2n) is 5.50. The van der Waals surface area contributed by atoms with Crippen molar-refractivity contribution >= 4 is 28.3 Å². The van der Waals surface area contributed by atoms with E-state index < -0.39 is 0 Å². The maximum absolute atomic E-state index is 12.1. The van der Waals surface area contributed by atoms with Crippen LogP contribution in [0.5, 0.6) is 0 Å². The van der Waals surface area contributed by atoms with Crippen LogP contribution in [0.25, 0.3) is 0 Å². The van der Waals surface area contributed by atoms with Crippen molar-refractivity contribution in [1.29, 1.82) is 0 Å². The Morgan fingerprint density at radius 3 is 2.57 bits per heavy atom. The van der Waals surface area contributed by atoms with Gasteiger partial charge in [0.2, 0.25) is 11.0 Å². The molecule has 2 aromatic rings. The lowest BCUT2D eigenvalue weighted by atomic mass is 10.1. The molecule has 1 aliphatic carbocycles. The van der Waals surface area contributed by atoms with Gasteiger partial charge in [-0.25, -0.2) is 0 Å². The van der Waals surface area contributed by atoms with Crippen LogP contribution in [0.4, 0.5) is 5.13 Å². The number of rotatable bonds is 6. The second kappa shape index (κ2) is 6.87. The lowest BCUT2D eigenvalue weighted by Crippen LogP contribution is -2.24. The van der Waals surface area contributed by atoms with E-state index in [1.807, 2.05) is 19.1 Å². The molecule has 2 N–H and O–H groups in total. The molecule has 120 valence electrons. The summed E-state index contributed by atoms with van der Waals surface area (Å²) in [6.07, 6.45) is 2.79. The number of carbonyl (C=O) groups excluding carboxylic acids is 2. The van der Waals surface area contributed by atoms with E-state index in [0.717, 1.165) is 29.8 Å². The van der Waals surface area contributed by atoms with Gasteiger partial charge in [-0.15, -0.1) is 10.2 Å². The quantitative estimate of drug-likeness (QED) is 0.852. The monoisotopic (exact) mass is 330 g/mol. The molecular formula is C16H18N4O2S. The molecule has 23 heavy (non-hydrogen) atoms. The molecule has 0 radical (unpaired) electrons. The fourth-order valence-electron chi connectivity index (χ4n) is 2.07. The maximum atomic E-state index is 12.1. The topological polar surface area (TPSA) is 84.0 Å². The maximum Gasteiger partial charge on any atom is 0.257 e. The molecular weight excluding hydrogens is 312 g/mol. The first-order valence-corrected chi connectivity index (χ1v) is 8.47. The van der Waals surface area contributed by atoms with E-state index in [9.17, 15) is 9.59 Å². The average molecular weight is 330 g/mol. The summed E-state index contributed by atoms with van der Waals surface area (Å²) in [5.41, 5.74) is 1.52. The minimum Gasteiger partial charge on any atom is -0.352 e. The number of nitrogens with one attached hydrogen (secondary N) is 2. The highest BCUT2D eigenvalue weighted by Crippen LogP contribution is 2.28. The number of nitrogens with zero attached hydrogens (tertiary/aromatic N) is 2. The van der Waals surface area contributed by atoms with Gasteiger partial charge in [-0.3, -0.25) is 14.9 Å². The van der Waals surface area contributed by atoms with Crippen LogP contribution in [0.15, 0.2) is 24.3 Å². The fraction of sp³-hybridized carbons (Fsp3) is 0.375. The van der Waals surface area contributed by atoms with Crippen LogP contribution in [-0.4, -0.2) is 22.0 Å². The summed E-state index contributed by atoms with van der Waals surface area (Å²) >= 11 is 1.38. The molecule has 0 unspecified atom stereocenters. The fourth-order valence-corrected chi connectivity index (χ4v) is 2.74. The van der Waals surface area contributed by atoms with Gasteiger partial charge in [0.25, 0.3) is 5.91 Å². The summed E-state index contributed by atoms with van der Waals surface area (Å²) in [4.78, 5) is 23.7. The zero-order valence-corrected chi connectivity index (χ0v) is 13.7. The number of hydrogen-bond acceptors (Lipinski definition) is 5. The molecule has 0 bridgehead atoms. The number of aryl methyl sites for hydroxylation is 1. The Morgan fingerprint density at radius 1 is 1.22 bits per heavy atom. The van der Waals surface area contributed by atoms with Gasteiger partial charge in [0, 0.05) is 18.0 Å². The van der Waals surface area contributed by atoms with E-state index in [-0.39, 0.29) is 17.7 Å². The van der Waals surface area contributed by atoms with Crippen LogP contribution < -0.4 is 10.6 Å². The summed E-state index contributed by atoms with van der Waals surface area (Å²) in [6, 6.07) is 7.19. The van der Waals surface area contributed by atoms with Crippen molar-refractivity contribution in [3.8, 4) is 0 Å². The van der Waals surface area contributed by atoms with Crippen molar-refractivity contribution in [2.24, 2.45) is 5.92 Å². The van der Waals surface area contributed by atoms with Crippen molar-refractivity contribution in [2.75, 3.05) is 5.32 Å². The van der Waals surface area contributed by atoms with Crippen molar-refractivity contribution in [2.45, 2.75) is 32.7 Å². The zero-order chi connectivity index (χ0) is 16.2. The Bertz CT molecular complexity index is 707. The van der Waals surface area contributed by atoms with Gasteiger partial charge in [-0.1, -0.05) is 30.4 Å². The molecule has 3 rings (SSSR count). The largest absolute Gasteiger partial charge is 0.352 e. The summed E-state index contributed by atoms with van der Waals surface area (Å²) in [7, 11) is 0. The molecule has 0 atom stereocenters. The van der Waals surface area contributed by atoms with Crippen LogP contribution in [0.2, 0.25) is 0 Å². The minimum absolute atomic E-state index is 0.120. The first-order chi connectivity index (χ1) is 11.2. The molecule has 2 amide bonds. The summed E-state index contributed by atoms with van der Waals surface area (Å²) < 4.78 is 0. The van der Waals surface area contributed by atoms with Crippen LogP contribution in [0.3, 0.4) is 0 Å². The number of hydrogen-bond donors (Lipinski definition) is 2. The lowest BCUT2D eigenvalue weighted by molar-refractivity contribution is -0.122. The highest BCUT2D eigenvalue weighted by Gasteiger charge is 2.29. The van der Waals surface area contributed by atoms with Gasteiger partial charge in [-0.05, 0) is 37.0 Å². The molecule has 1 aromatic heterocycles.